The summed E-state index contributed by atoms with van der Waals surface area (Å²) in [6.45, 7) is 0. The number of hydrogen-bond donors (Lipinski definition) is 1. The third kappa shape index (κ3) is 2.49. The number of rotatable bonds is 4. The molecule has 1 aromatic carbocycles. The molecule has 5 heteroatoms. The summed E-state index contributed by atoms with van der Waals surface area (Å²) in [6, 6.07) is 10.5. The van der Waals surface area contributed by atoms with Gasteiger partial charge in [-0.05, 0) is 17.7 Å². The second kappa shape index (κ2) is 5.39. The van der Waals surface area contributed by atoms with E-state index in [1.54, 1.807) is 30.3 Å². The molecule has 1 heterocycles. The van der Waals surface area contributed by atoms with Crippen LogP contribution in [0.3, 0.4) is 0 Å². The number of hydrogen-bond acceptors (Lipinski definition) is 4. The Hall–Kier alpha value is -2.56. The standard InChI is InChI=1S/C14H14N2O3/c1-18-12-8-7-11(14(16-12)19-2)9-5-3-4-6-10(9)13(15)17/h3-8H,1-2H3,(H2,15,17). The Morgan fingerprint density at radius 3 is 2.42 bits per heavy atom. The van der Waals surface area contributed by atoms with Crippen LogP contribution < -0.4 is 15.2 Å². The van der Waals surface area contributed by atoms with Crippen LogP contribution in [0.15, 0.2) is 36.4 Å². The Kier molecular flexibility index (Phi) is 3.66. The van der Waals surface area contributed by atoms with Gasteiger partial charge in [-0.15, -0.1) is 0 Å². The third-order valence-corrected chi connectivity index (χ3v) is 2.72. The van der Waals surface area contributed by atoms with Crippen LogP contribution in [0.5, 0.6) is 11.8 Å². The number of methoxy groups -OCH3 is 2. The minimum Gasteiger partial charge on any atom is -0.481 e. The average molecular weight is 258 g/mol. The number of benzene rings is 1. The fraction of sp³-hybridized carbons (Fsp3) is 0.143. The molecule has 0 aliphatic heterocycles. The molecule has 0 aliphatic rings. The molecular weight excluding hydrogens is 244 g/mol. The van der Waals surface area contributed by atoms with Crippen LogP contribution >= 0.6 is 0 Å². The predicted octanol–water partition coefficient (Wildman–Crippen LogP) is 1.86. The molecule has 5 nitrogen and oxygen atoms in total. The number of carbonyl (C=O) groups is 1. The Morgan fingerprint density at radius 1 is 1.05 bits per heavy atom. The van der Waals surface area contributed by atoms with Gasteiger partial charge in [0, 0.05) is 17.2 Å². The van der Waals surface area contributed by atoms with Crippen LogP contribution in [-0.2, 0) is 0 Å². The Morgan fingerprint density at radius 2 is 1.79 bits per heavy atom. The lowest BCUT2D eigenvalue weighted by Crippen LogP contribution is -2.12. The van der Waals surface area contributed by atoms with E-state index in [1.165, 1.54) is 14.2 Å². The highest BCUT2D eigenvalue weighted by atomic mass is 16.5. The molecule has 2 aromatic rings. The Balaban J connectivity index is 2.62. The fourth-order valence-corrected chi connectivity index (χ4v) is 1.83. The smallest absolute Gasteiger partial charge is 0.249 e. The van der Waals surface area contributed by atoms with Gasteiger partial charge in [0.1, 0.15) is 0 Å². The van der Waals surface area contributed by atoms with Crippen molar-refractivity contribution in [2.45, 2.75) is 0 Å². The minimum absolute atomic E-state index is 0.382. The van der Waals surface area contributed by atoms with Gasteiger partial charge in [-0.1, -0.05) is 18.2 Å². The quantitative estimate of drug-likeness (QED) is 0.908. The molecule has 0 unspecified atom stereocenters. The highest BCUT2D eigenvalue weighted by Gasteiger charge is 2.14. The van der Waals surface area contributed by atoms with Crippen molar-refractivity contribution in [1.82, 2.24) is 4.98 Å². The topological polar surface area (TPSA) is 74.4 Å². The summed E-state index contributed by atoms with van der Waals surface area (Å²) < 4.78 is 10.3. The number of nitrogens with zero attached hydrogens (tertiary/aromatic N) is 1. The number of aromatic nitrogens is 1. The zero-order chi connectivity index (χ0) is 13.8. The van der Waals surface area contributed by atoms with E-state index in [4.69, 9.17) is 15.2 Å². The number of nitrogens with two attached hydrogens (primary N) is 1. The second-order valence-electron chi connectivity index (χ2n) is 3.82. The van der Waals surface area contributed by atoms with Gasteiger partial charge in [0.25, 0.3) is 0 Å². The first kappa shape index (κ1) is 12.9. The summed E-state index contributed by atoms with van der Waals surface area (Å²) in [4.78, 5) is 15.6. The highest BCUT2D eigenvalue weighted by Crippen LogP contribution is 2.32. The summed E-state index contributed by atoms with van der Waals surface area (Å²) in [6.07, 6.45) is 0. The fourth-order valence-electron chi connectivity index (χ4n) is 1.83. The summed E-state index contributed by atoms with van der Waals surface area (Å²) in [5.41, 5.74) is 7.17. The lowest BCUT2D eigenvalue weighted by molar-refractivity contribution is 0.100. The second-order valence-corrected chi connectivity index (χ2v) is 3.82. The highest BCUT2D eigenvalue weighted by molar-refractivity contribution is 6.00. The van der Waals surface area contributed by atoms with Crippen LogP contribution in [0.4, 0.5) is 0 Å². The summed E-state index contributed by atoms with van der Waals surface area (Å²) in [7, 11) is 3.04. The molecule has 2 rings (SSSR count). The molecule has 0 aliphatic carbocycles. The van der Waals surface area contributed by atoms with Crippen molar-refractivity contribution in [2.75, 3.05) is 14.2 Å². The van der Waals surface area contributed by atoms with Gasteiger partial charge < -0.3 is 15.2 Å². The molecule has 0 bridgehead atoms. The number of ether oxygens (including phenoxy) is 2. The summed E-state index contributed by atoms with van der Waals surface area (Å²) >= 11 is 0. The largest absolute Gasteiger partial charge is 0.481 e. The lowest BCUT2D eigenvalue weighted by Gasteiger charge is -2.11. The molecule has 1 aromatic heterocycles. The van der Waals surface area contributed by atoms with Crippen LogP contribution in [-0.4, -0.2) is 25.1 Å². The van der Waals surface area contributed by atoms with Gasteiger partial charge in [0.2, 0.25) is 17.7 Å². The molecule has 0 saturated carbocycles. The summed E-state index contributed by atoms with van der Waals surface area (Å²) in [5.74, 6) is 0.332. The van der Waals surface area contributed by atoms with Gasteiger partial charge in [-0.2, -0.15) is 4.98 Å². The van der Waals surface area contributed by atoms with E-state index in [0.29, 0.717) is 28.5 Å². The maximum atomic E-state index is 11.5. The molecular formula is C14H14N2O3. The van der Waals surface area contributed by atoms with Crippen molar-refractivity contribution in [3.63, 3.8) is 0 Å². The predicted molar refractivity (Wildman–Crippen MR) is 71.3 cm³/mol. The van der Waals surface area contributed by atoms with E-state index < -0.39 is 5.91 Å². The van der Waals surface area contributed by atoms with Gasteiger partial charge in [0.05, 0.1) is 14.2 Å². The van der Waals surface area contributed by atoms with Crippen LogP contribution in [0.1, 0.15) is 10.4 Å². The number of primary amides is 1. The molecule has 0 radical (unpaired) electrons. The first-order valence-corrected chi connectivity index (χ1v) is 5.65. The number of carbonyl (C=O) groups excluding carboxylic acids is 1. The minimum atomic E-state index is -0.492. The number of pyridine rings is 1. The van der Waals surface area contributed by atoms with Crippen molar-refractivity contribution in [1.29, 1.82) is 0 Å². The molecule has 1 amide bonds. The monoisotopic (exact) mass is 258 g/mol. The van der Waals surface area contributed by atoms with E-state index in [1.807, 2.05) is 6.07 Å². The molecule has 98 valence electrons. The van der Waals surface area contributed by atoms with E-state index in [0.717, 1.165) is 0 Å². The molecule has 0 fully saturated rings. The van der Waals surface area contributed by atoms with Gasteiger partial charge in [-0.25, -0.2) is 0 Å². The Bertz CT molecular complexity index is 611. The van der Waals surface area contributed by atoms with Gasteiger partial charge in [0.15, 0.2) is 0 Å². The zero-order valence-corrected chi connectivity index (χ0v) is 10.7. The van der Waals surface area contributed by atoms with Crippen molar-refractivity contribution in [3.05, 3.63) is 42.0 Å². The van der Waals surface area contributed by atoms with Crippen molar-refractivity contribution in [3.8, 4) is 22.9 Å². The number of amides is 1. The maximum Gasteiger partial charge on any atom is 0.249 e. The SMILES string of the molecule is COc1ccc(-c2ccccc2C(N)=O)c(OC)n1. The van der Waals surface area contributed by atoms with Gasteiger partial charge >= 0.3 is 0 Å². The first-order valence-electron chi connectivity index (χ1n) is 5.65. The van der Waals surface area contributed by atoms with E-state index in [-0.39, 0.29) is 0 Å². The molecule has 0 saturated heterocycles. The van der Waals surface area contributed by atoms with E-state index in [2.05, 4.69) is 4.98 Å². The molecule has 19 heavy (non-hydrogen) atoms. The molecule has 0 atom stereocenters. The zero-order valence-electron chi connectivity index (χ0n) is 10.7. The average Bonchev–Trinajstić information content (AvgIpc) is 2.46. The van der Waals surface area contributed by atoms with Crippen molar-refractivity contribution in [2.24, 2.45) is 5.73 Å². The lowest BCUT2D eigenvalue weighted by atomic mass is 10.0. The first-order chi connectivity index (χ1) is 9.17. The maximum absolute atomic E-state index is 11.5. The molecule has 2 N–H and O–H groups in total. The van der Waals surface area contributed by atoms with Crippen molar-refractivity contribution < 1.29 is 14.3 Å². The summed E-state index contributed by atoms with van der Waals surface area (Å²) in [5, 5.41) is 0. The van der Waals surface area contributed by atoms with Gasteiger partial charge in [-0.3, -0.25) is 4.79 Å². The van der Waals surface area contributed by atoms with Crippen LogP contribution in [0.2, 0.25) is 0 Å². The Labute approximate surface area is 111 Å². The third-order valence-electron chi connectivity index (χ3n) is 2.72. The normalized spacial score (nSPS) is 10.0. The van der Waals surface area contributed by atoms with Crippen LogP contribution in [0, 0.1) is 0 Å². The van der Waals surface area contributed by atoms with Crippen LogP contribution in [0.25, 0.3) is 11.1 Å². The van der Waals surface area contributed by atoms with Crippen molar-refractivity contribution >= 4 is 5.91 Å². The van der Waals surface area contributed by atoms with E-state index >= 15 is 0 Å². The molecule has 0 spiro atoms. The van der Waals surface area contributed by atoms with E-state index in [9.17, 15) is 4.79 Å².